The molecule has 1 aliphatic rings. The standard InChI is InChI=1S/C23H33N5O/c1-17(2)22-24-18(3)15-21(25-22)28-13-11-27(12-14-28)19(4)23(29)26(5)16-20-9-7-6-8-10-20/h6-10,15,17,19H,11-14,16H2,1-5H3/t19-/m0/s1. The third kappa shape index (κ3) is 5.32. The summed E-state index contributed by atoms with van der Waals surface area (Å²) < 4.78 is 0. The van der Waals surface area contributed by atoms with E-state index in [-0.39, 0.29) is 11.9 Å². The van der Waals surface area contributed by atoms with E-state index in [0.717, 1.165) is 49.1 Å². The fourth-order valence-electron chi connectivity index (χ4n) is 3.74. The maximum absolute atomic E-state index is 12.9. The summed E-state index contributed by atoms with van der Waals surface area (Å²) in [5.74, 6) is 2.38. The molecule has 1 atom stereocenters. The number of rotatable bonds is 6. The highest BCUT2D eigenvalue weighted by atomic mass is 16.2. The lowest BCUT2D eigenvalue weighted by Crippen LogP contribution is -2.54. The third-order valence-electron chi connectivity index (χ3n) is 5.56. The second-order valence-electron chi connectivity index (χ2n) is 8.26. The molecule has 0 aliphatic carbocycles. The second kappa shape index (κ2) is 9.35. The van der Waals surface area contributed by atoms with Crippen LogP contribution in [0.15, 0.2) is 36.4 Å². The predicted molar refractivity (Wildman–Crippen MR) is 117 cm³/mol. The van der Waals surface area contributed by atoms with E-state index in [1.807, 2.05) is 44.0 Å². The zero-order valence-corrected chi connectivity index (χ0v) is 18.3. The first-order chi connectivity index (χ1) is 13.8. The lowest BCUT2D eigenvalue weighted by atomic mass is 10.1. The number of hydrogen-bond donors (Lipinski definition) is 0. The molecule has 0 radical (unpaired) electrons. The molecule has 2 heterocycles. The summed E-state index contributed by atoms with van der Waals surface area (Å²) in [5.41, 5.74) is 2.16. The van der Waals surface area contributed by atoms with Crippen LogP contribution in [0.5, 0.6) is 0 Å². The molecule has 3 rings (SSSR count). The molecule has 6 nitrogen and oxygen atoms in total. The van der Waals surface area contributed by atoms with Crippen molar-refractivity contribution < 1.29 is 4.79 Å². The number of nitrogens with zero attached hydrogens (tertiary/aromatic N) is 5. The first-order valence-corrected chi connectivity index (χ1v) is 10.5. The van der Waals surface area contributed by atoms with Gasteiger partial charge in [0.15, 0.2) is 0 Å². The van der Waals surface area contributed by atoms with Crippen LogP contribution in [0.25, 0.3) is 0 Å². The molecule has 0 unspecified atom stereocenters. The maximum Gasteiger partial charge on any atom is 0.239 e. The summed E-state index contributed by atoms with van der Waals surface area (Å²) in [6.45, 7) is 12.4. The van der Waals surface area contributed by atoms with Gasteiger partial charge < -0.3 is 9.80 Å². The Kier molecular flexibility index (Phi) is 6.85. The summed E-state index contributed by atoms with van der Waals surface area (Å²) >= 11 is 0. The number of benzene rings is 1. The number of likely N-dealkylation sites (N-methyl/N-ethyl adjacent to an activating group) is 1. The van der Waals surface area contributed by atoms with Gasteiger partial charge in [-0.05, 0) is 19.4 Å². The van der Waals surface area contributed by atoms with Gasteiger partial charge in [-0.3, -0.25) is 9.69 Å². The van der Waals surface area contributed by atoms with Crippen molar-refractivity contribution in [1.29, 1.82) is 0 Å². The summed E-state index contributed by atoms with van der Waals surface area (Å²) in [4.78, 5) is 28.6. The van der Waals surface area contributed by atoms with E-state index in [4.69, 9.17) is 4.98 Å². The Labute approximate surface area is 174 Å². The predicted octanol–water partition coefficient (Wildman–Crippen LogP) is 3.08. The fraction of sp³-hybridized carbons (Fsp3) is 0.522. The van der Waals surface area contributed by atoms with Gasteiger partial charge in [0.25, 0.3) is 0 Å². The monoisotopic (exact) mass is 395 g/mol. The van der Waals surface area contributed by atoms with Gasteiger partial charge in [0.1, 0.15) is 11.6 Å². The number of amides is 1. The number of carbonyl (C=O) groups excluding carboxylic acids is 1. The molecule has 2 aromatic rings. The quantitative estimate of drug-likeness (QED) is 0.752. The maximum atomic E-state index is 12.9. The highest BCUT2D eigenvalue weighted by Crippen LogP contribution is 2.19. The molecule has 6 heteroatoms. The number of carbonyl (C=O) groups is 1. The van der Waals surface area contributed by atoms with Crippen molar-refractivity contribution in [2.45, 2.75) is 46.2 Å². The van der Waals surface area contributed by atoms with Crippen molar-refractivity contribution in [2.75, 3.05) is 38.1 Å². The van der Waals surface area contributed by atoms with Crippen LogP contribution in [0.4, 0.5) is 5.82 Å². The van der Waals surface area contributed by atoms with Crippen LogP contribution in [0.2, 0.25) is 0 Å². The van der Waals surface area contributed by atoms with E-state index in [9.17, 15) is 4.79 Å². The van der Waals surface area contributed by atoms with Crippen LogP contribution >= 0.6 is 0 Å². The Morgan fingerprint density at radius 1 is 1.07 bits per heavy atom. The zero-order chi connectivity index (χ0) is 21.0. The molecule has 1 aromatic heterocycles. The number of piperazine rings is 1. The van der Waals surface area contributed by atoms with Gasteiger partial charge in [-0.15, -0.1) is 0 Å². The van der Waals surface area contributed by atoms with Crippen LogP contribution in [0.1, 0.15) is 43.8 Å². The van der Waals surface area contributed by atoms with Crippen molar-refractivity contribution in [2.24, 2.45) is 0 Å². The summed E-state index contributed by atoms with van der Waals surface area (Å²) in [6, 6.07) is 12.1. The normalized spacial score (nSPS) is 16.1. The van der Waals surface area contributed by atoms with E-state index in [0.29, 0.717) is 12.5 Å². The fourth-order valence-corrected chi connectivity index (χ4v) is 3.74. The number of hydrogen-bond acceptors (Lipinski definition) is 5. The van der Waals surface area contributed by atoms with Gasteiger partial charge in [0.05, 0.1) is 6.04 Å². The highest BCUT2D eigenvalue weighted by molar-refractivity contribution is 5.81. The summed E-state index contributed by atoms with van der Waals surface area (Å²) in [7, 11) is 1.89. The Morgan fingerprint density at radius 2 is 1.72 bits per heavy atom. The topological polar surface area (TPSA) is 52.6 Å². The molecule has 1 amide bonds. The second-order valence-corrected chi connectivity index (χ2v) is 8.26. The number of aryl methyl sites for hydroxylation is 1. The van der Waals surface area contributed by atoms with Gasteiger partial charge in [-0.1, -0.05) is 44.2 Å². The van der Waals surface area contributed by atoms with Crippen LogP contribution in [0.3, 0.4) is 0 Å². The highest BCUT2D eigenvalue weighted by Gasteiger charge is 2.28. The Morgan fingerprint density at radius 3 is 2.34 bits per heavy atom. The smallest absolute Gasteiger partial charge is 0.239 e. The average Bonchev–Trinajstić information content (AvgIpc) is 2.73. The summed E-state index contributed by atoms with van der Waals surface area (Å²) in [6.07, 6.45) is 0. The molecule has 156 valence electrons. The number of aromatic nitrogens is 2. The molecule has 1 fully saturated rings. The average molecular weight is 396 g/mol. The zero-order valence-electron chi connectivity index (χ0n) is 18.3. The first-order valence-electron chi connectivity index (χ1n) is 10.5. The van der Waals surface area contributed by atoms with E-state index in [1.54, 1.807) is 0 Å². The molecule has 0 spiro atoms. The molecule has 0 saturated carbocycles. The third-order valence-corrected chi connectivity index (χ3v) is 5.56. The van der Waals surface area contributed by atoms with Crippen LogP contribution in [-0.2, 0) is 11.3 Å². The SMILES string of the molecule is Cc1cc(N2CCN([C@@H](C)C(=O)N(C)Cc3ccccc3)CC2)nc(C(C)C)n1. The van der Waals surface area contributed by atoms with Crippen molar-refractivity contribution in [1.82, 2.24) is 19.8 Å². The molecule has 0 bridgehead atoms. The molecule has 1 aliphatic heterocycles. The summed E-state index contributed by atoms with van der Waals surface area (Å²) in [5, 5.41) is 0. The molecule has 1 saturated heterocycles. The lowest BCUT2D eigenvalue weighted by molar-refractivity contribution is -0.135. The van der Waals surface area contributed by atoms with Gasteiger partial charge in [0.2, 0.25) is 5.91 Å². The van der Waals surface area contributed by atoms with Gasteiger partial charge in [0, 0.05) is 57.4 Å². The van der Waals surface area contributed by atoms with Gasteiger partial charge in [-0.2, -0.15) is 0 Å². The minimum atomic E-state index is -0.121. The molecule has 29 heavy (non-hydrogen) atoms. The molecule has 0 N–H and O–H groups in total. The van der Waals surface area contributed by atoms with Gasteiger partial charge in [-0.25, -0.2) is 9.97 Å². The van der Waals surface area contributed by atoms with Crippen LogP contribution < -0.4 is 4.90 Å². The van der Waals surface area contributed by atoms with E-state index in [1.165, 1.54) is 0 Å². The van der Waals surface area contributed by atoms with Crippen molar-refractivity contribution >= 4 is 11.7 Å². The van der Waals surface area contributed by atoms with Crippen molar-refractivity contribution in [3.63, 3.8) is 0 Å². The Balaban J connectivity index is 1.58. The van der Waals surface area contributed by atoms with E-state index >= 15 is 0 Å². The first kappa shape index (κ1) is 21.2. The molecule has 1 aromatic carbocycles. The Hall–Kier alpha value is -2.47. The molecular weight excluding hydrogens is 362 g/mol. The minimum absolute atomic E-state index is 0.121. The largest absolute Gasteiger partial charge is 0.354 e. The van der Waals surface area contributed by atoms with E-state index < -0.39 is 0 Å². The van der Waals surface area contributed by atoms with E-state index in [2.05, 4.69) is 46.8 Å². The minimum Gasteiger partial charge on any atom is -0.354 e. The lowest BCUT2D eigenvalue weighted by Gasteiger charge is -2.39. The number of anilines is 1. The van der Waals surface area contributed by atoms with Gasteiger partial charge >= 0.3 is 0 Å². The van der Waals surface area contributed by atoms with Crippen molar-refractivity contribution in [3.05, 3.63) is 53.5 Å². The van der Waals surface area contributed by atoms with Crippen LogP contribution in [-0.4, -0.2) is 64.9 Å². The van der Waals surface area contributed by atoms with Crippen molar-refractivity contribution in [3.8, 4) is 0 Å². The van der Waals surface area contributed by atoms with Crippen LogP contribution in [0, 0.1) is 6.92 Å². The molecular formula is C23H33N5O. The Bertz CT molecular complexity index is 815.